The van der Waals surface area contributed by atoms with Crippen molar-refractivity contribution in [3.63, 3.8) is 0 Å². The maximum atomic E-state index is 13.7. The first kappa shape index (κ1) is 26.9. The maximum absolute atomic E-state index is 13.7. The molecule has 2 aromatic rings. The van der Waals surface area contributed by atoms with Crippen LogP contribution in [0.2, 0.25) is 0 Å². The zero-order valence-electron chi connectivity index (χ0n) is 21.7. The number of Topliss-reactive ketones (excluding diaryl/α,β-unsaturated/α-hetero) is 1. The number of dihydropyridines is 1. The van der Waals surface area contributed by atoms with Gasteiger partial charge in [-0.1, -0.05) is 18.2 Å². The van der Waals surface area contributed by atoms with Crippen molar-refractivity contribution in [3.05, 3.63) is 86.2 Å². The molecule has 0 amide bonds. The summed E-state index contributed by atoms with van der Waals surface area (Å²) in [6, 6.07) is 11.5. The van der Waals surface area contributed by atoms with Crippen LogP contribution in [-0.4, -0.2) is 51.2 Å². The topological polar surface area (TPSA) is 126 Å². The lowest BCUT2D eigenvalue weighted by molar-refractivity contribution is -0.384. The second kappa shape index (κ2) is 11.5. The molecule has 4 rings (SSSR count). The van der Waals surface area contributed by atoms with Gasteiger partial charge in [-0.25, -0.2) is 4.79 Å². The molecule has 38 heavy (non-hydrogen) atoms. The maximum Gasteiger partial charge on any atom is 0.336 e. The van der Waals surface area contributed by atoms with Crippen LogP contribution in [0.25, 0.3) is 0 Å². The molecule has 2 aromatic carbocycles. The Morgan fingerprint density at radius 3 is 2.32 bits per heavy atom. The van der Waals surface area contributed by atoms with Gasteiger partial charge in [-0.15, -0.1) is 0 Å². The zero-order valence-corrected chi connectivity index (χ0v) is 21.7. The Hall–Kier alpha value is -4.18. The first-order valence-electron chi connectivity index (χ1n) is 12.1. The number of esters is 1. The van der Waals surface area contributed by atoms with Gasteiger partial charge in [-0.2, -0.15) is 0 Å². The molecule has 1 aliphatic carbocycles. The van der Waals surface area contributed by atoms with E-state index in [4.69, 9.17) is 18.9 Å². The molecule has 1 N–H and O–H groups in total. The summed E-state index contributed by atoms with van der Waals surface area (Å²) in [6.45, 7) is 2.05. The van der Waals surface area contributed by atoms with Crippen LogP contribution < -0.4 is 14.8 Å². The molecular formula is C28H30N2O8. The molecule has 0 saturated heterocycles. The molecule has 2 aliphatic rings. The van der Waals surface area contributed by atoms with E-state index in [-0.39, 0.29) is 37.0 Å². The van der Waals surface area contributed by atoms with Gasteiger partial charge in [0.15, 0.2) is 17.3 Å². The van der Waals surface area contributed by atoms with Gasteiger partial charge < -0.3 is 24.3 Å². The van der Waals surface area contributed by atoms with Crippen LogP contribution >= 0.6 is 0 Å². The number of carbonyl (C=O) groups is 2. The van der Waals surface area contributed by atoms with Crippen LogP contribution in [0.15, 0.2) is 65.0 Å². The van der Waals surface area contributed by atoms with Gasteiger partial charge >= 0.3 is 5.97 Å². The number of rotatable bonds is 9. The molecule has 0 radical (unpaired) electrons. The number of nitrogens with one attached hydrogen (secondary N) is 1. The molecule has 0 aromatic heterocycles. The number of ketones is 1. The van der Waals surface area contributed by atoms with Gasteiger partial charge in [0, 0.05) is 48.5 Å². The van der Waals surface area contributed by atoms with Crippen LogP contribution in [0.4, 0.5) is 5.69 Å². The van der Waals surface area contributed by atoms with Crippen LogP contribution in [0.3, 0.4) is 0 Å². The Kier molecular flexibility index (Phi) is 8.11. The Morgan fingerprint density at radius 2 is 1.68 bits per heavy atom. The smallest absolute Gasteiger partial charge is 0.336 e. The summed E-state index contributed by atoms with van der Waals surface area (Å²) in [5.41, 5.74) is 3.51. The number of benzene rings is 2. The zero-order chi connectivity index (χ0) is 27.4. The molecule has 200 valence electrons. The van der Waals surface area contributed by atoms with Crippen LogP contribution in [-0.2, 0) is 19.1 Å². The highest BCUT2D eigenvalue weighted by molar-refractivity contribution is 6.04. The number of ether oxygens (including phenoxy) is 4. The van der Waals surface area contributed by atoms with Crippen molar-refractivity contribution in [3.8, 4) is 11.5 Å². The van der Waals surface area contributed by atoms with E-state index in [0.717, 1.165) is 11.3 Å². The molecular weight excluding hydrogens is 492 g/mol. The number of hydrogen-bond donors (Lipinski definition) is 1. The molecule has 1 aliphatic heterocycles. The number of nitro groups is 1. The summed E-state index contributed by atoms with van der Waals surface area (Å²) >= 11 is 0. The normalized spacial score (nSPS) is 19.0. The fourth-order valence-corrected chi connectivity index (χ4v) is 5.07. The van der Waals surface area contributed by atoms with Gasteiger partial charge in [0.25, 0.3) is 5.69 Å². The highest BCUT2D eigenvalue weighted by atomic mass is 16.6. The Balaban J connectivity index is 1.75. The molecule has 0 spiro atoms. The van der Waals surface area contributed by atoms with Gasteiger partial charge in [0.2, 0.25) is 0 Å². The van der Waals surface area contributed by atoms with E-state index in [1.807, 2.05) is 18.2 Å². The largest absolute Gasteiger partial charge is 0.493 e. The predicted octanol–water partition coefficient (Wildman–Crippen LogP) is 4.16. The fraction of sp³-hybridized carbons (Fsp3) is 0.357. The van der Waals surface area contributed by atoms with E-state index in [1.165, 1.54) is 19.2 Å². The highest BCUT2D eigenvalue weighted by Crippen LogP contribution is 2.46. The monoisotopic (exact) mass is 522 g/mol. The van der Waals surface area contributed by atoms with Gasteiger partial charge in [0.05, 0.1) is 31.3 Å². The molecule has 2 unspecified atom stereocenters. The molecule has 2 atom stereocenters. The summed E-state index contributed by atoms with van der Waals surface area (Å²) in [6.07, 6.45) is 0.758. The lowest BCUT2D eigenvalue weighted by Crippen LogP contribution is -2.36. The lowest BCUT2D eigenvalue weighted by atomic mass is 9.71. The summed E-state index contributed by atoms with van der Waals surface area (Å²) in [4.78, 5) is 37.7. The average molecular weight is 523 g/mol. The second-order valence-corrected chi connectivity index (χ2v) is 9.11. The van der Waals surface area contributed by atoms with Crippen LogP contribution in [0, 0.1) is 10.1 Å². The minimum absolute atomic E-state index is 0.0559. The van der Waals surface area contributed by atoms with Crippen molar-refractivity contribution in [1.82, 2.24) is 5.32 Å². The minimum atomic E-state index is -0.721. The number of hydrogen-bond acceptors (Lipinski definition) is 9. The fourth-order valence-electron chi connectivity index (χ4n) is 5.07. The van der Waals surface area contributed by atoms with Crippen LogP contribution in [0.1, 0.15) is 42.7 Å². The van der Waals surface area contributed by atoms with Crippen molar-refractivity contribution in [2.75, 3.05) is 34.5 Å². The van der Waals surface area contributed by atoms with Crippen molar-refractivity contribution in [2.24, 2.45) is 0 Å². The number of non-ortho nitro benzene ring substituents is 1. The lowest BCUT2D eigenvalue weighted by Gasteiger charge is -2.36. The van der Waals surface area contributed by atoms with E-state index < -0.39 is 16.8 Å². The van der Waals surface area contributed by atoms with E-state index in [1.54, 1.807) is 33.3 Å². The third-order valence-corrected chi connectivity index (χ3v) is 6.88. The molecule has 0 fully saturated rings. The predicted molar refractivity (Wildman–Crippen MR) is 138 cm³/mol. The summed E-state index contributed by atoms with van der Waals surface area (Å²) in [7, 11) is 4.63. The van der Waals surface area contributed by atoms with Crippen molar-refractivity contribution in [1.29, 1.82) is 0 Å². The quantitative estimate of drug-likeness (QED) is 0.223. The van der Waals surface area contributed by atoms with Gasteiger partial charge in [-0.3, -0.25) is 14.9 Å². The molecule has 1 heterocycles. The Morgan fingerprint density at radius 1 is 1.00 bits per heavy atom. The molecule has 10 heteroatoms. The first-order chi connectivity index (χ1) is 18.3. The minimum Gasteiger partial charge on any atom is -0.493 e. The molecule has 0 bridgehead atoms. The SMILES string of the molecule is COCCOC(=O)C1=C(C)NC2=C(C(=O)CC(c3ccc(OC)c(OC)c3)C2)C1c1ccc([N+](=O)[O-])cc1. The van der Waals surface area contributed by atoms with E-state index >= 15 is 0 Å². The van der Waals surface area contributed by atoms with Crippen molar-refractivity contribution in [2.45, 2.75) is 31.6 Å². The molecule has 0 saturated carbocycles. The number of nitro benzene ring substituents is 1. The second-order valence-electron chi connectivity index (χ2n) is 9.11. The summed E-state index contributed by atoms with van der Waals surface area (Å²) in [5.74, 6) is -0.346. The first-order valence-corrected chi connectivity index (χ1v) is 12.1. The number of allylic oxidation sites excluding steroid dienone is 3. The Labute approximate surface area is 220 Å². The number of methoxy groups -OCH3 is 3. The van der Waals surface area contributed by atoms with Crippen molar-refractivity contribution < 1.29 is 33.5 Å². The van der Waals surface area contributed by atoms with E-state index in [2.05, 4.69) is 5.32 Å². The Bertz CT molecular complexity index is 1310. The number of carbonyl (C=O) groups excluding carboxylic acids is 2. The number of nitrogens with zero attached hydrogens (tertiary/aromatic N) is 1. The van der Waals surface area contributed by atoms with E-state index in [9.17, 15) is 19.7 Å². The standard InChI is InChI=1S/C28H30N2O8/c1-16-25(28(32)38-12-11-35-2)26(17-5-8-20(9-6-17)30(33)34)27-21(29-16)13-19(14-22(27)31)18-7-10-23(36-3)24(15-18)37-4/h5-10,15,19,26,29H,11-14H2,1-4H3. The summed E-state index contributed by atoms with van der Waals surface area (Å²) in [5, 5.41) is 14.5. The van der Waals surface area contributed by atoms with Crippen LogP contribution in [0.5, 0.6) is 11.5 Å². The van der Waals surface area contributed by atoms with Gasteiger partial charge in [-0.05, 0) is 42.5 Å². The van der Waals surface area contributed by atoms with Gasteiger partial charge in [0.1, 0.15) is 6.61 Å². The molecule has 10 nitrogen and oxygen atoms in total. The van der Waals surface area contributed by atoms with Crippen molar-refractivity contribution >= 4 is 17.4 Å². The summed E-state index contributed by atoms with van der Waals surface area (Å²) < 4.78 is 21.2. The third kappa shape index (κ3) is 5.26. The van der Waals surface area contributed by atoms with E-state index in [0.29, 0.717) is 40.3 Å². The third-order valence-electron chi connectivity index (χ3n) is 6.88. The average Bonchev–Trinajstić information content (AvgIpc) is 2.91. The highest BCUT2D eigenvalue weighted by Gasteiger charge is 2.41.